The van der Waals surface area contributed by atoms with Gasteiger partial charge in [0.25, 0.3) is 0 Å². The standard InChI is InChI=1S/C14H12FNO3/c1-10-4-2-3-5-11(10)9-19-14-8-12(15)6-7-13(14)16(17)18/h2-8H,9H2,1H3. The van der Waals surface area contributed by atoms with Gasteiger partial charge < -0.3 is 4.74 Å². The van der Waals surface area contributed by atoms with Crippen LogP contribution in [0.5, 0.6) is 5.75 Å². The fraction of sp³-hybridized carbons (Fsp3) is 0.143. The van der Waals surface area contributed by atoms with Crippen molar-refractivity contribution in [1.29, 1.82) is 0 Å². The van der Waals surface area contributed by atoms with E-state index in [0.29, 0.717) is 0 Å². The maximum atomic E-state index is 13.1. The Morgan fingerprint density at radius 3 is 2.68 bits per heavy atom. The number of nitro groups is 1. The van der Waals surface area contributed by atoms with E-state index in [2.05, 4.69) is 0 Å². The Morgan fingerprint density at radius 2 is 2.00 bits per heavy atom. The van der Waals surface area contributed by atoms with Gasteiger partial charge in [-0.25, -0.2) is 4.39 Å². The summed E-state index contributed by atoms with van der Waals surface area (Å²) in [6.45, 7) is 2.08. The normalized spacial score (nSPS) is 10.2. The van der Waals surface area contributed by atoms with E-state index in [4.69, 9.17) is 4.74 Å². The van der Waals surface area contributed by atoms with E-state index in [-0.39, 0.29) is 18.0 Å². The van der Waals surface area contributed by atoms with Gasteiger partial charge in [-0.2, -0.15) is 0 Å². The first kappa shape index (κ1) is 13.0. The van der Waals surface area contributed by atoms with Gasteiger partial charge in [-0.3, -0.25) is 10.1 Å². The van der Waals surface area contributed by atoms with Crippen LogP contribution in [0.15, 0.2) is 42.5 Å². The average molecular weight is 261 g/mol. The van der Waals surface area contributed by atoms with Crippen molar-refractivity contribution in [2.75, 3.05) is 0 Å². The summed E-state index contributed by atoms with van der Waals surface area (Å²) < 4.78 is 18.5. The van der Waals surface area contributed by atoms with Gasteiger partial charge in [0.05, 0.1) is 4.92 Å². The fourth-order valence-electron chi connectivity index (χ4n) is 1.68. The second kappa shape index (κ2) is 5.48. The second-order valence-corrected chi connectivity index (χ2v) is 4.08. The van der Waals surface area contributed by atoms with E-state index in [9.17, 15) is 14.5 Å². The van der Waals surface area contributed by atoms with Crippen LogP contribution < -0.4 is 4.74 Å². The quantitative estimate of drug-likeness (QED) is 0.624. The van der Waals surface area contributed by atoms with Crippen LogP contribution in [0.4, 0.5) is 10.1 Å². The maximum Gasteiger partial charge on any atom is 0.311 e. The van der Waals surface area contributed by atoms with Crippen molar-refractivity contribution in [2.24, 2.45) is 0 Å². The van der Waals surface area contributed by atoms with E-state index in [0.717, 1.165) is 29.3 Å². The molecule has 0 saturated carbocycles. The van der Waals surface area contributed by atoms with E-state index >= 15 is 0 Å². The molecule has 0 aromatic heterocycles. The van der Waals surface area contributed by atoms with Crippen molar-refractivity contribution in [3.8, 4) is 5.75 Å². The molecule has 0 bridgehead atoms. The molecule has 0 heterocycles. The predicted octanol–water partition coefficient (Wildman–Crippen LogP) is 3.62. The third-order valence-corrected chi connectivity index (χ3v) is 2.76. The molecule has 2 aromatic rings. The third kappa shape index (κ3) is 3.07. The summed E-state index contributed by atoms with van der Waals surface area (Å²) in [5.74, 6) is -0.626. The van der Waals surface area contributed by atoms with Crippen LogP contribution in [0.3, 0.4) is 0 Å². The first-order valence-electron chi connectivity index (χ1n) is 5.69. The molecule has 98 valence electrons. The first-order chi connectivity index (χ1) is 9.08. The summed E-state index contributed by atoms with van der Waals surface area (Å²) in [5.41, 5.74) is 1.68. The van der Waals surface area contributed by atoms with E-state index in [1.54, 1.807) is 0 Å². The molecule has 0 fully saturated rings. The van der Waals surface area contributed by atoms with Gasteiger partial charge in [0.2, 0.25) is 0 Å². The van der Waals surface area contributed by atoms with Gasteiger partial charge in [0.15, 0.2) is 5.75 Å². The largest absolute Gasteiger partial charge is 0.482 e. The second-order valence-electron chi connectivity index (χ2n) is 4.08. The minimum absolute atomic E-state index is 0.0618. The van der Waals surface area contributed by atoms with Crippen molar-refractivity contribution in [1.82, 2.24) is 0 Å². The monoisotopic (exact) mass is 261 g/mol. The lowest BCUT2D eigenvalue weighted by Crippen LogP contribution is -2.01. The van der Waals surface area contributed by atoms with Crippen molar-refractivity contribution < 1.29 is 14.1 Å². The van der Waals surface area contributed by atoms with Crippen LogP contribution in [0.2, 0.25) is 0 Å². The summed E-state index contributed by atoms with van der Waals surface area (Å²) in [6.07, 6.45) is 0. The van der Waals surface area contributed by atoms with Gasteiger partial charge in [-0.15, -0.1) is 0 Å². The zero-order valence-electron chi connectivity index (χ0n) is 10.3. The molecular formula is C14H12FNO3. The Bertz CT molecular complexity index is 613. The van der Waals surface area contributed by atoms with Crippen LogP contribution in [-0.4, -0.2) is 4.92 Å². The molecular weight excluding hydrogens is 249 g/mol. The number of aryl methyl sites for hydroxylation is 1. The SMILES string of the molecule is Cc1ccccc1COc1cc(F)ccc1[N+](=O)[O-]. The summed E-state index contributed by atoms with van der Waals surface area (Å²) in [5, 5.41) is 10.8. The smallest absolute Gasteiger partial charge is 0.311 e. The maximum absolute atomic E-state index is 13.1. The number of nitro benzene ring substituents is 1. The minimum Gasteiger partial charge on any atom is -0.482 e. The summed E-state index contributed by atoms with van der Waals surface area (Å²) in [4.78, 5) is 10.2. The van der Waals surface area contributed by atoms with Crippen LogP contribution in [0.1, 0.15) is 11.1 Å². The van der Waals surface area contributed by atoms with Gasteiger partial charge in [-0.05, 0) is 24.1 Å². The van der Waals surface area contributed by atoms with Crippen LogP contribution >= 0.6 is 0 Å². The fourth-order valence-corrected chi connectivity index (χ4v) is 1.68. The number of hydrogen-bond donors (Lipinski definition) is 0. The molecule has 0 amide bonds. The summed E-state index contributed by atoms with van der Waals surface area (Å²) in [7, 11) is 0. The number of nitrogens with zero attached hydrogens (tertiary/aromatic N) is 1. The van der Waals surface area contributed by atoms with Crippen LogP contribution in [0, 0.1) is 22.9 Å². The highest BCUT2D eigenvalue weighted by molar-refractivity contribution is 5.46. The Morgan fingerprint density at radius 1 is 1.26 bits per heavy atom. The minimum atomic E-state index is -0.591. The topological polar surface area (TPSA) is 52.4 Å². The molecule has 2 rings (SSSR count). The van der Waals surface area contributed by atoms with Gasteiger partial charge in [-0.1, -0.05) is 24.3 Å². The van der Waals surface area contributed by atoms with E-state index in [1.165, 1.54) is 0 Å². The van der Waals surface area contributed by atoms with Crippen molar-refractivity contribution >= 4 is 5.69 Å². The molecule has 0 aliphatic rings. The zero-order valence-corrected chi connectivity index (χ0v) is 10.3. The Labute approximate surface area is 109 Å². The highest BCUT2D eigenvalue weighted by atomic mass is 19.1. The molecule has 0 aliphatic heterocycles. The molecule has 0 atom stereocenters. The zero-order chi connectivity index (χ0) is 13.8. The Kier molecular flexibility index (Phi) is 3.75. The van der Waals surface area contributed by atoms with Gasteiger partial charge in [0, 0.05) is 12.1 Å². The first-order valence-corrected chi connectivity index (χ1v) is 5.69. The molecule has 19 heavy (non-hydrogen) atoms. The molecule has 0 spiro atoms. The molecule has 0 saturated heterocycles. The average Bonchev–Trinajstić information content (AvgIpc) is 2.37. The van der Waals surface area contributed by atoms with Gasteiger partial charge in [0.1, 0.15) is 12.4 Å². The van der Waals surface area contributed by atoms with Crippen LogP contribution in [0.25, 0.3) is 0 Å². The molecule has 4 nitrogen and oxygen atoms in total. The highest BCUT2D eigenvalue weighted by Crippen LogP contribution is 2.28. The number of halogens is 1. The van der Waals surface area contributed by atoms with E-state index < -0.39 is 10.7 Å². The van der Waals surface area contributed by atoms with Gasteiger partial charge >= 0.3 is 5.69 Å². The molecule has 0 aliphatic carbocycles. The molecule has 0 unspecified atom stereocenters. The van der Waals surface area contributed by atoms with E-state index in [1.807, 2.05) is 31.2 Å². The lowest BCUT2D eigenvalue weighted by atomic mass is 10.1. The van der Waals surface area contributed by atoms with Crippen molar-refractivity contribution in [3.63, 3.8) is 0 Å². The number of hydrogen-bond acceptors (Lipinski definition) is 3. The molecule has 5 heteroatoms. The number of ether oxygens (including phenoxy) is 1. The molecule has 2 aromatic carbocycles. The summed E-state index contributed by atoms with van der Waals surface area (Å²) in [6, 6.07) is 10.7. The highest BCUT2D eigenvalue weighted by Gasteiger charge is 2.16. The Balaban J connectivity index is 2.22. The van der Waals surface area contributed by atoms with Crippen molar-refractivity contribution in [2.45, 2.75) is 13.5 Å². The number of rotatable bonds is 4. The third-order valence-electron chi connectivity index (χ3n) is 2.76. The lowest BCUT2D eigenvalue weighted by molar-refractivity contribution is -0.386. The Hall–Kier alpha value is -2.43. The van der Waals surface area contributed by atoms with Crippen molar-refractivity contribution in [3.05, 3.63) is 69.5 Å². The summed E-state index contributed by atoms with van der Waals surface area (Å²) >= 11 is 0. The molecule has 0 radical (unpaired) electrons. The number of benzene rings is 2. The predicted molar refractivity (Wildman–Crippen MR) is 68.6 cm³/mol. The molecule has 0 N–H and O–H groups in total. The van der Waals surface area contributed by atoms with Crippen LogP contribution in [-0.2, 0) is 6.61 Å². The lowest BCUT2D eigenvalue weighted by Gasteiger charge is -2.08.